The average molecular weight is 212 g/mol. The number of aromatic nitrogens is 2. The van der Waals surface area contributed by atoms with Crippen molar-refractivity contribution >= 4 is 0 Å². The zero-order chi connectivity index (χ0) is 11.5. The number of rotatable bonds is 4. The van der Waals surface area contributed by atoms with Gasteiger partial charge in [0.05, 0.1) is 18.8 Å². The highest BCUT2D eigenvalue weighted by Gasteiger charge is 2.10. The third kappa shape index (κ3) is 3.55. The molecule has 4 nitrogen and oxygen atoms in total. The van der Waals surface area contributed by atoms with Gasteiger partial charge in [0.25, 0.3) is 0 Å². The highest BCUT2D eigenvalue weighted by Crippen LogP contribution is 2.05. The van der Waals surface area contributed by atoms with Crippen LogP contribution in [0.25, 0.3) is 0 Å². The van der Waals surface area contributed by atoms with Crippen LogP contribution in [0.5, 0.6) is 0 Å². The Morgan fingerprint density at radius 1 is 1.27 bits per heavy atom. The van der Waals surface area contributed by atoms with Gasteiger partial charge in [0.1, 0.15) is 0 Å². The summed E-state index contributed by atoms with van der Waals surface area (Å²) < 4.78 is 8.92. The second-order valence-electron chi connectivity index (χ2n) is 4.52. The molecular formula is C11H20N2O2. The van der Waals surface area contributed by atoms with Gasteiger partial charge in [-0.3, -0.25) is 9.13 Å². The highest BCUT2D eigenvalue weighted by atomic mass is 16.5. The van der Waals surface area contributed by atoms with Gasteiger partial charge in [-0.05, 0) is 27.7 Å². The topological polar surface area (TPSA) is 36.2 Å². The molecule has 0 saturated carbocycles. The summed E-state index contributed by atoms with van der Waals surface area (Å²) in [5.41, 5.74) is -0.105. The van der Waals surface area contributed by atoms with E-state index in [1.54, 1.807) is 21.5 Å². The van der Waals surface area contributed by atoms with E-state index in [1.165, 1.54) is 0 Å². The van der Waals surface area contributed by atoms with E-state index in [0.29, 0.717) is 19.7 Å². The lowest BCUT2D eigenvalue weighted by molar-refractivity contribution is -0.00715. The molecule has 0 unspecified atom stereocenters. The molecule has 1 rings (SSSR count). The summed E-state index contributed by atoms with van der Waals surface area (Å²) in [6, 6.07) is 0. The van der Waals surface area contributed by atoms with Crippen molar-refractivity contribution in [2.45, 2.75) is 46.4 Å². The van der Waals surface area contributed by atoms with E-state index < -0.39 is 0 Å². The van der Waals surface area contributed by atoms with Crippen molar-refractivity contribution in [3.63, 3.8) is 0 Å². The molecule has 15 heavy (non-hydrogen) atoms. The Hall–Kier alpha value is -1.03. The van der Waals surface area contributed by atoms with Gasteiger partial charge in [-0.2, -0.15) is 0 Å². The molecule has 0 amide bonds. The Bertz CT molecular complexity index is 357. The second-order valence-corrected chi connectivity index (χ2v) is 4.52. The average Bonchev–Trinajstić information content (AvgIpc) is 2.46. The molecule has 0 spiro atoms. The monoisotopic (exact) mass is 212 g/mol. The van der Waals surface area contributed by atoms with Crippen molar-refractivity contribution in [2.75, 3.05) is 6.61 Å². The molecular weight excluding hydrogens is 192 g/mol. The first kappa shape index (κ1) is 12.0. The minimum Gasteiger partial charge on any atom is -0.374 e. The number of ether oxygens (including phenoxy) is 1. The van der Waals surface area contributed by atoms with Crippen molar-refractivity contribution in [3.8, 4) is 0 Å². The molecule has 0 fully saturated rings. The van der Waals surface area contributed by atoms with E-state index in [2.05, 4.69) is 0 Å². The molecule has 0 bridgehead atoms. The maximum atomic E-state index is 11.6. The summed E-state index contributed by atoms with van der Waals surface area (Å²) in [5.74, 6) is 0. The molecule has 4 heteroatoms. The Labute approximate surface area is 90.5 Å². The van der Waals surface area contributed by atoms with Gasteiger partial charge in [-0.1, -0.05) is 0 Å². The van der Waals surface area contributed by atoms with E-state index in [4.69, 9.17) is 4.74 Å². The lowest BCUT2D eigenvalue weighted by atomic mass is 10.2. The summed E-state index contributed by atoms with van der Waals surface area (Å²) in [6.45, 7) is 9.87. The Balaban J connectivity index is 2.52. The van der Waals surface area contributed by atoms with E-state index in [0.717, 1.165) is 0 Å². The minimum atomic E-state index is -0.142. The maximum absolute atomic E-state index is 11.6. The van der Waals surface area contributed by atoms with Gasteiger partial charge >= 0.3 is 5.69 Å². The van der Waals surface area contributed by atoms with Crippen molar-refractivity contribution in [1.82, 2.24) is 9.13 Å². The quantitative estimate of drug-likeness (QED) is 0.758. The Morgan fingerprint density at radius 3 is 2.33 bits per heavy atom. The molecule has 86 valence electrons. The van der Waals surface area contributed by atoms with Crippen LogP contribution in [0, 0.1) is 0 Å². The fourth-order valence-corrected chi connectivity index (χ4v) is 1.31. The summed E-state index contributed by atoms with van der Waals surface area (Å²) >= 11 is 0. The molecule has 0 saturated heterocycles. The third-order valence-electron chi connectivity index (χ3n) is 2.13. The summed E-state index contributed by atoms with van der Waals surface area (Å²) in [5, 5.41) is 0. The van der Waals surface area contributed by atoms with Gasteiger partial charge in [0.2, 0.25) is 0 Å². The molecule has 1 aromatic heterocycles. The highest BCUT2D eigenvalue weighted by molar-refractivity contribution is 4.80. The van der Waals surface area contributed by atoms with Gasteiger partial charge in [-0.25, -0.2) is 4.79 Å². The maximum Gasteiger partial charge on any atom is 0.328 e. The first-order chi connectivity index (χ1) is 6.94. The number of imidazole rings is 1. The first-order valence-electron chi connectivity index (χ1n) is 5.33. The standard InChI is InChI=1S/C11H20N2O2/c1-5-12-6-7-13(10(12)14)8-9-15-11(2,3)4/h6-7H,5,8-9H2,1-4H3. The predicted octanol–water partition coefficient (Wildman–Crippen LogP) is 1.48. The normalized spacial score (nSPS) is 12.0. The van der Waals surface area contributed by atoms with Crippen molar-refractivity contribution < 1.29 is 4.74 Å². The fourth-order valence-electron chi connectivity index (χ4n) is 1.31. The first-order valence-corrected chi connectivity index (χ1v) is 5.33. The van der Waals surface area contributed by atoms with Gasteiger partial charge in [0.15, 0.2) is 0 Å². The number of nitrogens with zero attached hydrogens (tertiary/aromatic N) is 2. The van der Waals surface area contributed by atoms with Crippen LogP contribution in [0.4, 0.5) is 0 Å². The third-order valence-corrected chi connectivity index (χ3v) is 2.13. The summed E-state index contributed by atoms with van der Waals surface area (Å²) in [4.78, 5) is 11.6. The molecule has 0 aromatic carbocycles. The zero-order valence-corrected chi connectivity index (χ0v) is 9.99. The van der Waals surface area contributed by atoms with Crippen LogP contribution in [0.1, 0.15) is 27.7 Å². The van der Waals surface area contributed by atoms with E-state index in [1.807, 2.05) is 27.7 Å². The van der Waals surface area contributed by atoms with Crippen LogP contribution in [0.15, 0.2) is 17.2 Å². The SMILES string of the molecule is CCn1ccn(CCOC(C)(C)C)c1=O. The molecule has 0 radical (unpaired) electrons. The number of aryl methyl sites for hydroxylation is 1. The smallest absolute Gasteiger partial charge is 0.328 e. The zero-order valence-electron chi connectivity index (χ0n) is 9.99. The number of hydrogen-bond donors (Lipinski definition) is 0. The fraction of sp³-hybridized carbons (Fsp3) is 0.727. The summed E-state index contributed by atoms with van der Waals surface area (Å²) in [7, 11) is 0. The van der Waals surface area contributed by atoms with Gasteiger partial charge in [0, 0.05) is 18.9 Å². The summed E-state index contributed by atoms with van der Waals surface area (Å²) in [6.07, 6.45) is 3.61. The van der Waals surface area contributed by atoms with Crippen molar-refractivity contribution in [2.24, 2.45) is 0 Å². The van der Waals surface area contributed by atoms with Gasteiger partial charge < -0.3 is 4.74 Å². The molecule has 1 heterocycles. The van der Waals surface area contributed by atoms with Crippen LogP contribution >= 0.6 is 0 Å². The second kappa shape index (κ2) is 4.66. The van der Waals surface area contributed by atoms with Gasteiger partial charge in [-0.15, -0.1) is 0 Å². The van der Waals surface area contributed by atoms with Crippen LogP contribution in [-0.2, 0) is 17.8 Å². The van der Waals surface area contributed by atoms with E-state index >= 15 is 0 Å². The Morgan fingerprint density at radius 2 is 1.87 bits per heavy atom. The lowest BCUT2D eigenvalue weighted by Gasteiger charge is -2.19. The van der Waals surface area contributed by atoms with Crippen LogP contribution in [0.3, 0.4) is 0 Å². The Kier molecular flexibility index (Phi) is 3.74. The molecule has 0 aliphatic rings. The molecule has 0 N–H and O–H groups in total. The van der Waals surface area contributed by atoms with Crippen molar-refractivity contribution in [1.29, 1.82) is 0 Å². The predicted molar refractivity (Wildman–Crippen MR) is 60.1 cm³/mol. The van der Waals surface area contributed by atoms with Crippen LogP contribution in [-0.4, -0.2) is 21.3 Å². The van der Waals surface area contributed by atoms with E-state index in [9.17, 15) is 4.79 Å². The molecule has 0 atom stereocenters. The molecule has 0 aliphatic carbocycles. The largest absolute Gasteiger partial charge is 0.374 e. The molecule has 0 aliphatic heterocycles. The van der Waals surface area contributed by atoms with Crippen molar-refractivity contribution in [3.05, 3.63) is 22.9 Å². The number of hydrogen-bond acceptors (Lipinski definition) is 2. The lowest BCUT2D eigenvalue weighted by Crippen LogP contribution is -2.27. The van der Waals surface area contributed by atoms with E-state index in [-0.39, 0.29) is 11.3 Å². The van der Waals surface area contributed by atoms with Crippen LogP contribution in [0.2, 0.25) is 0 Å². The van der Waals surface area contributed by atoms with Crippen LogP contribution < -0.4 is 5.69 Å². The minimum absolute atomic E-state index is 0.0370. The molecule has 1 aromatic rings.